The van der Waals surface area contributed by atoms with Crippen molar-refractivity contribution in [1.29, 1.82) is 0 Å². The van der Waals surface area contributed by atoms with E-state index in [0.717, 1.165) is 36.4 Å². The highest BCUT2D eigenvalue weighted by molar-refractivity contribution is 5.52. The van der Waals surface area contributed by atoms with Crippen molar-refractivity contribution in [2.45, 2.75) is 26.3 Å². The molecule has 0 atom stereocenters. The molecule has 1 fully saturated rings. The summed E-state index contributed by atoms with van der Waals surface area (Å²) in [5.41, 5.74) is 2.24. The van der Waals surface area contributed by atoms with Crippen LogP contribution in [0.4, 0.5) is 5.82 Å². The molecule has 0 aromatic carbocycles. The van der Waals surface area contributed by atoms with Crippen LogP contribution in [0, 0.1) is 6.92 Å². The molecule has 0 spiro atoms. The molecule has 1 aliphatic rings. The zero-order valence-corrected chi connectivity index (χ0v) is 9.57. The maximum absolute atomic E-state index is 10.4. The van der Waals surface area contributed by atoms with Gasteiger partial charge in [-0.05, 0) is 31.4 Å². The number of carbonyl (C=O) groups is 1. The molecule has 1 aromatic rings. The molecule has 16 heavy (non-hydrogen) atoms. The zero-order valence-electron chi connectivity index (χ0n) is 9.57. The van der Waals surface area contributed by atoms with Crippen molar-refractivity contribution in [3.63, 3.8) is 0 Å². The average molecular weight is 219 g/mol. The first-order valence-electron chi connectivity index (χ1n) is 5.69. The lowest BCUT2D eigenvalue weighted by atomic mass is 10.2. The van der Waals surface area contributed by atoms with Crippen molar-refractivity contribution in [1.82, 2.24) is 10.3 Å². The number of pyridine rings is 1. The molecule has 0 unspecified atom stereocenters. The van der Waals surface area contributed by atoms with E-state index in [1.165, 1.54) is 12.8 Å². The van der Waals surface area contributed by atoms with E-state index in [2.05, 4.69) is 21.3 Å². The van der Waals surface area contributed by atoms with Gasteiger partial charge >= 0.3 is 0 Å². The summed E-state index contributed by atoms with van der Waals surface area (Å²) >= 11 is 0. The largest absolute Gasteiger partial charge is 0.356 e. The van der Waals surface area contributed by atoms with Crippen LogP contribution in [0.3, 0.4) is 0 Å². The second-order valence-corrected chi connectivity index (χ2v) is 4.19. The fraction of sp³-hybridized carbons (Fsp3) is 0.500. The summed E-state index contributed by atoms with van der Waals surface area (Å²) in [5, 5.41) is 2.71. The molecular formula is C12H17N3O. The van der Waals surface area contributed by atoms with E-state index >= 15 is 0 Å². The van der Waals surface area contributed by atoms with Crippen molar-refractivity contribution in [3.8, 4) is 0 Å². The summed E-state index contributed by atoms with van der Waals surface area (Å²) < 4.78 is 0. The van der Waals surface area contributed by atoms with E-state index in [9.17, 15) is 4.79 Å². The standard InChI is InChI=1S/C12H17N3O/c1-10-6-11(8-13-9-16)12(14-7-10)15-4-2-3-5-15/h6-7,9H,2-5,8H2,1H3,(H,13,16). The van der Waals surface area contributed by atoms with Crippen molar-refractivity contribution in [3.05, 3.63) is 23.4 Å². The Kier molecular flexibility index (Phi) is 3.39. The van der Waals surface area contributed by atoms with Gasteiger partial charge in [-0.25, -0.2) is 4.98 Å². The van der Waals surface area contributed by atoms with Gasteiger partial charge in [-0.2, -0.15) is 0 Å². The molecule has 1 N–H and O–H groups in total. The maximum Gasteiger partial charge on any atom is 0.207 e. The molecule has 0 radical (unpaired) electrons. The van der Waals surface area contributed by atoms with Crippen molar-refractivity contribution >= 4 is 12.2 Å². The normalized spacial score (nSPS) is 15.2. The summed E-state index contributed by atoms with van der Waals surface area (Å²) in [6.45, 7) is 4.73. The van der Waals surface area contributed by atoms with Crippen LogP contribution >= 0.6 is 0 Å². The van der Waals surface area contributed by atoms with Crippen molar-refractivity contribution < 1.29 is 4.79 Å². The molecule has 4 nitrogen and oxygen atoms in total. The number of aromatic nitrogens is 1. The highest BCUT2D eigenvalue weighted by Crippen LogP contribution is 2.22. The molecule has 0 aliphatic carbocycles. The van der Waals surface area contributed by atoms with Crippen LogP contribution in [0.2, 0.25) is 0 Å². The summed E-state index contributed by atoms with van der Waals surface area (Å²) in [5.74, 6) is 1.03. The third kappa shape index (κ3) is 2.32. The first kappa shape index (κ1) is 10.9. The highest BCUT2D eigenvalue weighted by atomic mass is 16.1. The number of hydrogen-bond donors (Lipinski definition) is 1. The molecule has 0 saturated carbocycles. The van der Waals surface area contributed by atoms with Gasteiger partial charge in [0.05, 0.1) is 0 Å². The molecule has 1 amide bonds. The van der Waals surface area contributed by atoms with Gasteiger partial charge in [0.2, 0.25) is 6.41 Å². The van der Waals surface area contributed by atoms with Gasteiger partial charge < -0.3 is 10.2 Å². The van der Waals surface area contributed by atoms with E-state index in [0.29, 0.717) is 6.54 Å². The van der Waals surface area contributed by atoms with Gasteiger partial charge in [0.1, 0.15) is 5.82 Å². The Morgan fingerprint density at radius 1 is 1.50 bits per heavy atom. The minimum atomic E-state index is 0.560. The topological polar surface area (TPSA) is 45.2 Å². The Labute approximate surface area is 95.7 Å². The minimum absolute atomic E-state index is 0.560. The van der Waals surface area contributed by atoms with Crippen LogP contribution in [-0.2, 0) is 11.3 Å². The fourth-order valence-corrected chi connectivity index (χ4v) is 2.12. The van der Waals surface area contributed by atoms with Gasteiger partial charge in [0.15, 0.2) is 0 Å². The van der Waals surface area contributed by atoms with Gasteiger partial charge in [0.25, 0.3) is 0 Å². The van der Waals surface area contributed by atoms with Crippen LogP contribution in [-0.4, -0.2) is 24.5 Å². The third-order valence-electron chi connectivity index (χ3n) is 2.86. The van der Waals surface area contributed by atoms with Crippen LogP contribution in [0.1, 0.15) is 24.0 Å². The zero-order chi connectivity index (χ0) is 11.4. The minimum Gasteiger partial charge on any atom is -0.356 e. The van der Waals surface area contributed by atoms with Gasteiger partial charge in [-0.3, -0.25) is 4.79 Å². The number of nitrogens with zero attached hydrogens (tertiary/aromatic N) is 2. The Bertz CT molecular complexity index is 373. The Morgan fingerprint density at radius 2 is 2.25 bits per heavy atom. The molecule has 1 aliphatic heterocycles. The average Bonchev–Trinajstić information content (AvgIpc) is 2.80. The second-order valence-electron chi connectivity index (χ2n) is 4.19. The molecule has 4 heteroatoms. The number of nitrogens with one attached hydrogen (secondary N) is 1. The quantitative estimate of drug-likeness (QED) is 0.775. The number of anilines is 1. The lowest BCUT2D eigenvalue weighted by molar-refractivity contribution is -0.109. The molecule has 2 heterocycles. The van der Waals surface area contributed by atoms with Crippen LogP contribution < -0.4 is 10.2 Å². The number of amides is 1. The first-order valence-corrected chi connectivity index (χ1v) is 5.69. The lowest BCUT2D eigenvalue weighted by Gasteiger charge is -2.20. The van der Waals surface area contributed by atoms with Gasteiger partial charge in [-0.15, -0.1) is 0 Å². The molecular weight excluding hydrogens is 202 g/mol. The summed E-state index contributed by atoms with van der Waals surface area (Å²) in [7, 11) is 0. The SMILES string of the molecule is Cc1cnc(N2CCCC2)c(CNC=O)c1. The first-order chi connectivity index (χ1) is 7.81. The predicted molar refractivity (Wildman–Crippen MR) is 63.3 cm³/mol. The Morgan fingerprint density at radius 3 is 2.94 bits per heavy atom. The maximum atomic E-state index is 10.4. The summed E-state index contributed by atoms with van der Waals surface area (Å²) in [6.07, 6.45) is 5.08. The molecule has 1 aromatic heterocycles. The summed E-state index contributed by atoms with van der Waals surface area (Å²) in [4.78, 5) is 17.1. The van der Waals surface area contributed by atoms with E-state index in [1.807, 2.05) is 13.1 Å². The Hall–Kier alpha value is -1.58. The van der Waals surface area contributed by atoms with Crippen molar-refractivity contribution in [2.24, 2.45) is 0 Å². The number of rotatable bonds is 4. The van der Waals surface area contributed by atoms with Crippen molar-refractivity contribution in [2.75, 3.05) is 18.0 Å². The number of carbonyl (C=O) groups excluding carboxylic acids is 1. The van der Waals surface area contributed by atoms with E-state index < -0.39 is 0 Å². The molecule has 86 valence electrons. The molecule has 2 rings (SSSR count). The molecule has 0 bridgehead atoms. The summed E-state index contributed by atoms with van der Waals surface area (Å²) in [6, 6.07) is 2.09. The lowest BCUT2D eigenvalue weighted by Crippen LogP contribution is -2.22. The van der Waals surface area contributed by atoms with Gasteiger partial charge in [-0.1, -0.05) is 0 Å². The van der Waals surface area contributed by atoms with E-state index in [-0.39, 0.29) is 0 Å². The molecule has 1 saturated heterocycles. The smallest absolute Gasteiger partial charge is 0.207 e. The van der Waals surface area contributed by atoms with E-state index in [1.54, 1.807) is 0 Å². The second kappa shape index (κ2) is 4.96. The van der Waals surface area contributed by atoms with Crippen LogP contribution in [0.15, 0.2) is 12.3 Å². The Balaban J connectivity index is 2.23. The number of hydrogen-bond acceptors (Lipinski definition) is 3. The highest BCUT2D eigenvalue weighted by Gasteiger charge is 2.16. The fourth-order valence-electron chi connectivity index (χ4n) is 2.12. The van der Waals surface area contributed by atoms with E-state index in [4.69, 9.17) is 0 Å². The van der Waals surface area contributed by atoms with Gasteiger partial charge in [0, 0.05) is 31.4 Å². The van der Waals surface area contributed by atoms with Crippen LogP contribution in [0.5, 0.6) is 0 Å². The number of aryl methyl sites for hydroxylation is 1. The monoisotopic (exact) mass is 219 g/mol. The third-order valence-corrected chi connectivity index (χ3v) is 2.86. The van der Waals surface area contributed by atoms with Crippen LogP contribution in [0.25, 0.3) is 0 Å². The predicted octanol–water partition coefficient (Wildman–Crippen LogP) is 1.24.